The molecule has 0 saturated carbocycles. The summed E-state index contributed by atoms with van der Waals surface area (Å²) in [5.41, 5.74) is 0.651. The average molecular weight is 313 g/mol. The topological polar surface area (TPSA) is 27.1 Å². The maximum atomic E-state index is 14.3. The van der Waals surface area contributed by atoms with Gasteiger partial charge in [0.2, 0.25) is 0 Å². The molecule has 1 aromatic heterocycles. The van der Waals surface area contributed by atoms with E-state index in [4.69, 9.17) is 16.3 Å². The second-order valence-electron chi connectivity index (χ2n) is 5.86. The highest BCUT2D eigenvalue weighted by molar-refractivity contribution is 6.20. The zero-order chi connectivity index (χ0) is 14.7. The predicted molar refractivity (Wildman–Crippen MR) is 75.5 cm³/mol. The molecule has 2 aromatic rings. The van der Waals surface area contributed by atoms with E-state index in [1.165, 1.54) is 6.07 Å². The zero-order valence-corrected chi connectivity index (χ0v) is 12.3. The zero-order valence-electron chi connectivity index (χ0n) is 11.5. The highest BCUT2D eigenvalue weighted by Crippen LogP contribution is 2.44. The van der Waals surface area contributed by atoms with E-state index in [1.54, 1.807) is 11.5 Å². The van der Waals surface area contributed by atoms with Gasteiger partial charge in [-0.1, -0.05) is 0 Å². The van der Waals surface area contributed by atoms with Crippen molar-refractivity contribution < 1.29 is 13.5 Å². The van der Waals surface area contributed by atoms with Gasteiger partial charge in [-0.25, -0.2) is 13.8 Å². The van der Waals surface area contributed by atoms with Crippen LogP contribution in [0.15, 0.2) is 12.1 Å². The second kappa shape index (κ2) is 4.65. The molecule has 3 nitrogen and oxygen atoms in total. The van der Waals surface area contributed by atoms with Gasteiger partial charge in [0.1, 0.15) is 11.3 Å². The van der Waals surface area contributed by atoms with Crippen molar-refractivity contribution in [2.24, 2.45) is 0 Å². The standard InChI is InChI=1S/C15H15ClF2N2O/c1-7(16)15-19-10-4-3-9(17)13(18)14(10)20(15)11-6-8-2-5-12(11)21-8/h3-4,7-8,11-12H,2,5-6H2,1H3. The summed E-state index contributed by atoms with van der Waals surface area (Å²) in [5, 5.41) is -0.376. The first kappa shape index (κ1) is 13.5. The van der Waals surface area contributed by atoms with E-state index in [9.17, 15) is 8.78 Å². The SMILES string of the molecule is CC(Cl)c1nc2ccc(F)c(F)c2n1C1CC2CCC1O2. The molecule has 4 atom stereocenters. The highest BCUT2D eigenvalue weighted by Gasteiger charge is 2.43. The van der Waals surface area contributed by atoms with Crippen molar-refractivity contribution in [3.05, 3.63) is 29.6 Å². The maximum Gasteiger partial charge on any atom is 0.184 e. The molecular weight excluding hydrogens is 298 g/mol. The number of nitrogens with zero attached hydrogens (tertiary/aromatic N) is 2. The molecule has 2 aliphatic rings. The van der Waals surface area contributed by atoms with E-state index in [0.29, 0.717) is 11.3 Å². The smallest absolute Gasteiger partial charge is 0.184 e. The van der Waals surface area contributed by atoms with Crippen molar-refractivity contribution in [3.8, 4) is 0 Å². The largest absolute Gasteiger partial charge is 0.373 e. The molecule has 0 amide bonds. The first-order chi connectivity index (χ1) is 10.1. The number of aromatic nitrogens is 2. The fraction of sp³-hybridized carbons (Fsp3) is 0.533. The Balaban J connectivity index is 1.96. The van der Waals surface area contributed by atoms with Crippen LogP contribution in [0.2, 0.25) is 0 Å². The lowest BCUT2D eigenvalue weighted by molar-refractivity contribution is 0.0939. The van der Waals surface area contributed by atoms with Crippen LogP contribution >= 0.6 is 11.6 Å². The molecule has 0 aliphatic carbocycles. The lowest BCUT2D eigenvalue weighted by Gasteiger charge is -2.24. The Morgan fingerprint density at radius 2 is 2.19 bits per heavy atom. The van der Waals surface area contributed by atoms with Gasteiger partial charge in [-0.05, 0) is 38.3 Å². The molecule has 21 heavy (non-hydrogen) atoms. The summed E-state index contributed by atoms with van der Waals surface area (Å²) in [6, 6.07) is 2.59. The fourth-order valence-corrected chi connectivity index (χ4v) is 3.79. The number of halogens is 3. The molecule has 112 valence electrons. The minimum atomic E-state index is -0.860. The van der Waals surface area contributed by atoms with E-state index in [2.05, 4.69) is 4.98 Å². The summed E-state index contributed by atoms with van der Waals surface area (Å²) >= 11 is 6.21. The van der Waals surface area contributed by atoms with Crippen LogP contribution in [0.5, 0.6) is 0 Å². The summed E-state index contributed by atoms with van der Waals surface area (Å²) in [7, 11) is 0. The van der Waals surface area contributed by atoms with Gasteiger partial charge in [-0.3, -0.25) is 0 Å². The second-order valence-corrected chi connectivity index (χ2v) is 6.52. The van der Waals surface area contributed by atoms with Crippen molar-refractivity contribution in [3.63, 3.8) is 0 Å². The van der Waals surface area contributed by atoms with Crippen molar-refractivity contribution >= 4 is 22.6 Å². The number of fused-ring (bicyclic) bond motifs is 3. The normalized spacial score (nSPS) is 29.4. The van der Waals surface area contributed by atoms with E-state index >= 15 is 0 Å². The van der Waals surface area contributed by atoms with Gasteiger partial charge in [-0.15, -0.1) is 11.6 Å². The maximum absolute atomic E-state index is 14.3. The summed E-state index contributed by atoms with van der Waals surface area (Å²) in [6.07, 6.45) is 3.05. The molecule has 2 aliphatic heterocycles. The molecule has 0 radical (unpaired) electrons. The van der Waals surface area contributed by atoms with Gasteiger partial charge >= 0.3 is 0 Å². The average Bonchev–Trinajstić information content (AvgIpc) is 3.14. The van der Waals surface area contributed by atoms with Crippen molar-refractivity contribution in [2.45, 2.75) is 49.8 Å². The quantitative estimate of drug-likeness (QED) is 0.780. The van der Waals surface area contributed by atoms with Gasteiger partial charge in [-0.2, -0.15) is 0 Å². The van der Waals surface area contributed by atoms with Gasteiger partial charge in [0.25, 0.3) is 0 Å². The van der Waals surface area contributed by atoms with Crippen LogP contribution in [0.25, 0.3) is 11.0 Å². The first-order valence-corrected chi connectivity index (χ1v) is 7.65. The predicted octanol–water partition coefficient (Wildman–Crippen LogP) is 4.11. The Kier molecular flexibility index (Phi) is 2.98. The number of alkyl halides is 1. The number of benzene rings is 1. The molecule has 6 heteroatoms. The molecule has 1 aromatic carbocycles. The summed E-state index contributed by atoms with van der Waals surface area (Å²) in [4.78, 5) is 4.41. The van der Waals surface area contributed by atoms with Crippen LogP contribution in [0.3, 0.4) is 0 Å². The molecule has 0 spiro atoms. The summed E-state index contributed by atoms with van der Waals surface area (Å²) < 4.78 is 35.6. The van der Waals surface area contributed by atoms with Gasteiger partial charge in [0, 0.05) is 0 Å². The number of ether oxygens (including phenoxy) is 1. The Morgan fingerprint density at radius 1 is 1.38 bits per heavy atom. The van der Waals surface area contributed by atoms with E-state index in [1.807, 2.05) is 0 Å². The minimum absolute atomic E-state index is 0.0127. The van der Waals surface area contributed by atoms with Crippen LogP contribution in [0, 0.1) is 11.6 Å². The molecule has 2 fully saturated rings. The Morgan fingerprint density at radius 3 is 2.81 bits per heavy atom. The molecule has 4 rings (SSSR count). The highest BCUT2D eigenvalue weighted by atomic mass is 35.5. The van der Waals surface area contributed by atoms with E-state index in [-0.39, 0.29) is 29.1 Å². The number of hydrogen-bond acceptors (Lipinski definition) is 2. The first-order valence-electron chi connectivity index (χ1n) is 7.21. The molecule has 2 bridgehead atoms. The number of hydrogen-bond donors (Lipinski definition) is 0. The summed E-state index contributed by atoms with van der Waals surface area (Å²) in [5.74, 6) is -1.13. The van der Waals surface area contributed by atoms with E-state index < -0.39 is 11.6 Å². The third-order valence-electron chi connectivity index (χ3n) is 4.53. The monoisotopic (exact) mass is 312 g/mol. The van der Waals surface area contributed by atoms with Crippen LogP contribution in [0.1, 0.15) is 43.4 Å². The Labute approximate surface area is 125 Å². The molecule has 0 N–H and O–H groups in total. The lowest BCUT2D eigenvalue weighted by atomic mass is 9.95. The van der Waals surface area contributed by atoms with Crippen molar-refractivity contribution in [2.75, 3.05) is 0 Å². The molecular formula is C15H15ClF2N2O. The molecule has 3 heterocycles. The van der Waals surface area contributed by atoms with Crippen LogP contribution < -0.4 is 0 Å². The van der Waals surface area contributed by atoms with Crippen LogP contribution in [-0.4, -0.2) is 21.8 Å². The summed E-state index contributed by atoms with van der Waals surface area (Å²) in [6.45, 7) is 1.79. The Bertz CT molecular complexity index is 715. The molecule has 4 unspecified atom stereocenters. The lowest BCUT2D eigenvalue weighted by Crippen LogP contribution is -2.23. The van der Waals surface area contributed by atoms with E-state index in [0.717, 1.165) is 25.3 Å². The molecule has 2 saturated heterocycles. The fourth-order valence-electron chi connectivity index (χ4n) is 3.64. The number of imidazole rings is 1. The van der Waals surface area contributed by atoms with Crippen molar-refractivity contribution in [1.29, 1.82) is 0 Å². The minimum Gasteiger partial charge on any atom is -0.373 e. The number of rotatable bonds is 2. The Hall–Kier alpha value is -1.20. The van der Waals surface area contributed by atoms with Crippen molar-refractivity contribution in [1.82, 2.24) is 9.55 Å². The third-order valence-corrected chi connectivity index (χ3v) is 4.73. The third kappa shape index (κ3) is 1.90. The van der Waals surface area contributed by atoms with Gasteiger partial charge in [0.05, 0.1) is 29.1 Å². The van der Waals surface area contributed by atoms with Gasteiger partial charge in [0.15, 0.2) is 11.6 Å². The van der Waals surface area contributed by atoms with Gasteiger partial charge < -0.3 is 9.30 Å². The van der Waals surface area contributed by atoms with Crippen LogP contribution in [-0.2, 0) is 4.74 Å². The van der Waals surface area contributed by atoms with Crippen LogP contribution in [0.4, 0.5) is 8.78 Å².